The van der Waals surface area contributed by atoms with Gasteiger partial charge in [0.25, 0.3) is 0 Å². The van der Waals surface area contributed by atoms with Crippen LogP contribution >= 0.6 is 0 Å². The van der Waals surface area contributed by atoms with Crippen LogP contribution in [0.25, 0.3) is 0 Å². The molecule has 17 heavy (non-hydrogen) atoms. The molecule has 0 aromatic rings. The van der Waals surface area contributed by atoms with Crippen LogP contribution in [0, 0.1) is 5.92 Å². The highest BCUT2D eigenvalue weighted by molar-refractivity contribution is 5.80. The topological polar surface area (TPSA) is 59.6 Å². The van der Waals surface area contributed by atoms with Crippen LogP contribution in [-0.4, -0.2) is 51.0 Å². The lowest BCUT2D eigenvalue weighted by molar-refractivity contribution is -0.127. The molecule has 1 heterocycles. The van der Waals surface area contributed by atoms with Crippen molar-refractivity contribution >= 4 is 5.91 Å². The number of ether oxygens (including phenoxy) is 2. The van der Waals surface area contributed by atoms with Gasteiger partial charge in [-0.2, -0.15) is 0 Å². The number of amides is 1. The van der Waals surface area contributed by atoms with Crippen molar-refractivity contribution in [1.82, 2.24) is 10.6 Å². The Hall–Kier alpha value is -0.650. The minimum Gasteiger partial charge on any atom is -0.382 e. The summed E-state index contributed by atoms with van der Waals surface area (Å²) in [6, 6.07) is 0.123. The number of nitrogens with one attached hydrogen (secondary N) is 2. The van der Waals surface area contributed by atoms with Crippen LogP contribution in [0.3, 0.4) is 0 Å². The summed E-state index contributed by atoms with van der Waals surface area (Å²) < 4.78 is 10.4. The number of hydrogen-bond acceptors (Lipinski definition) is 4. The Labute approximate surface area is 103 Å². The second kappa shape index (κ2) is 6.33. The SMILES string of the molecule is CCNC1COCC1C(=O)NC(C)(C)COC. The van der Waals surface area contributed by atoms with Gasteiger partial charge in [0, 0.05) is 13.2 Å². The van der Waals surface area contributed by atoms with E-state index in [2.05, 4.69) is 10.6 Å². The highest BCUT2D eigenvalue weighted by Gasteiger charge is 2.35. The third kappa shape index (κ3) is 4.26. The number of carbonyl (C=O) groups excluding carboxylic acids is 1. The Bertz CT molecular complexity index is 256. The molecule has 0 aromatic carbocycles. The summed E-state index contributed by atoms with van der Waals surface area (Å²) in [6.07, 6.45) is 0. The van der Waals surface area contributed by atoms with Gasteiger partial charge < -0.3 is 20.1 Å². The van der Waals surface area contributed by atoms with E-state index in [-0.39, 0.29) is 23.4 Å². The van der Waals surface area contributed by atoms with Crippen molar-refractivity contribution in [2.75, 3.05) is 33.5 Å². The zero-order chi connectivity index (χ0) is 12.9. The molecule has 2 atom stereocenters. The quantitative estimate of drug-likeness (QED) is 0.698. The first-order valence-corrected chi connectivity index (χ1v) is 6.12. The maximum atomic E-state index is 12.1. The standard InChI is InChI=1S/C12H24N2O3/c1-5-13-10-7-17-6-9(10)11(15)14-12(2,3)8-16-4/h9-10,13H,5-8H2,1-4H3,(H,14,15). The first-order valence-electron chi connectivity index (χ1n) is 6.12. The number of rotatable bonds is 6. The number of likely N-dealkylation sites (N-methyl/N-ethyl adjacent to an activating group) is 1. The summed E-state index contributed by atoms with van der Waals surface area (Å²) in [7, 11) is 1.63. The molecule has 100 valence electrons. The van der Waals surface area contributed by atoms with E-state index < -0.39 is 0 Å². The van der Waals surface area contributed by atoms with Crippen molar-refractivity contribution in [2.45, 2.75) is 32.4 Å². The summed E-state index contributed by atoms with van der Waals surface area (Å²) in [5.74, 6) is -0.0680. The molecule has 0 radical (unpaired) electrons. The molecule has 0 spiro atoms. The van der Waals surface area contributed by atoms with E-state index in [4.69, 9.17) is 9.47 Å². The Kier molecular flexibility index (Phi) is 5.36. The second-order valence-electron chi connectivity index (χ2n) is 5.11. The Morgan fingerprint density at radius 2 is 2.18 bits per heavy atom. The largest absolute Gasteiger partial charge is 0.382 e. The third-order valence-electron chi connectivity index (χ3n) is 2.85. The van der Waals surface area contributed by atoms with Crippen LogP contribution in [0.5, 0.6) is 0 Å². The molecule has 2 unspecified atom stereocenters. The zero-order valence-electron chi connectivity index (χ0n) is 11.2. The van der Waals surface area contributed by atoms with Gasteiger partial charge in [0.1, 0.15) is 0 Å². The van der Waals surface area contributed by atoms with Crippen LogP contribution in [-0.2, 0) is 14.3 Å². The van der Waals surface area contributed by atoms with Crippen LogP contribution in [0.15, 0.2) is 0 Å². The molecule has 5 heteroatoms. The minimum absolute atomic E-state index is 0.0375. The monoisotopic (exact) mass is 244 g/mol. The van der Waals surface area contributed by atoms with Crippen molar-refractivity contribution in [1.29, 1.82) is 0 Å². The Morgan fingerprint density at radius 1 is 1.47 bits per heavy atom. The van der Waals surface area contributed by atoms with E-state index in [0.29, 0.717) is 19.8 Å². The van der Waals surface area contributed by atoms with Gasteiger partial charge in [0.05, 0.1) is 31.3 Å². The minimum atomic E-state index is -0.342. The normalized spacial score (nSPS) is 24.9. The van der Waals surface area contributed by atoms with Gasteiger partial charge in [-0.3, -0.25) is 4.79 Å². The van der Waals surface area contributed by atoms with Crippen molar-refractivity contribution in [2.24, 2.45) is 5.92 Å². The lowest BCUT2D eigenvalue weighted by Crippen LogP contribution is -2.52. The molecule has 1 amide bonds. The molecule has 0 bridgehead atoms. The molecule has 1 fully saturated rings. The van der Waals surface area contributed by atoms with Crippen molar-refractivity contribution in [3.63, 3.8) is 0 Å². The van der Waals surface area contributed by atoms with Crippen molar-refractivity contribution in [3.05, 3.63) is 0 Å². The highest BCUT2D eigenvalue weighted by Crippen LogP contribution is 2.15. The molecular formula is C12H24N2O3. The molecule has 5 nitrogen and oxygen atoms in total. The Balaban J connectivity index is 2.51. The third-order valence-corrected chi connectivity index (χ3v) is 2.85. The van der Waals surface area contributed by atoms with E-state index in [9.17, 15) is 4.79 Å². The molecule has 1 aliphatic rings. The maximum Gasteiger partial charge on any atom is 0.227 e. The van der Waals surface area contributed by atoms with E-state index in [1.165, 1.54) is 0 Å². The molecule has 2 N–H and O–H groups in total. The second-order valence-corrected chi connectivity index (χ2v) is 5.11. The van der Waals surface area contributed by atoms with Gasteiger partial charge in [-0.15, -0.1) is 0 Å². The predicted octanol–water partition coefficient (Wildman–Crippen LogP) is 0.152. The zero-order valence-corrected chi connectivity index (χ0v) is 11.2. The van der Waals surface area contributed by atoms with Crippen molar-refractivity contribution < 1.29 is 14.3 Å². The number of methoxy groups -OCH3 is 1. The first kappa shape index (κ1) is 14.4. The fourth-order valence-corrected chi connectivity index (χ4v) is 2.10. The summed E-state index contributed by atoms with van der Waals surface area (Å²) in [4.78, 5) is 12.1. The highest BCUT2D eigenvalue weighted by atomic mass is 16.5. The molecule has 1 aliphatic heterocycles. The fraction of sp³-hybridized carbons (Fsp3) is 0.917. The molecule has 0 aliphatic carbocycles. The van der Waals surface area contributed by atoms with Gasteiger partial charge in [-0.25, -0.2) is 0 Å². The predicted molar refractivity (Wildman–Crippen MR) is 65.9 cm³/mol. The number of hydrogen-bond donors (Lipinski definition) is 2. The average molecular weight is 244 g/mol. The van der Waals surface area contributed by atoms with E-state index in [1.807, 2.05) is 20.8 Å². The van der Waals surface area contributed by atoms with Gasteiger partial charge in [0.2, 0.25) is 5.91 Å². The van der Waals surface area contributed by atoms with Crippen LogP contribution in [0.4, 0.5) is 0 Å². The molecule has 0 saturated carbocycles. The number of carbonyl (C=O) groups is 1. The van der Waals surface area contributed by atoms with Crippen LogP contribution in [0.1, 0.15) is 20.8 Å². The average Bonchev–Trinajstić information content (AvgIpc) is 2.65. The van der Waals surface area contributed by atoms with Crippen LogP contribution in [0.2, 0.25) is 0 Å². The lowest BCUT2D eigenvalue weighted by Gasteiger charge is -2.28. The van der Waals surface area contributed by atoms with Gasteiger partial charge in [-0.1, -0.05) is 6.92 Å². The van der Waals surface area contributed by atoms with E-state index >= 15 is 0 Å². The summed E-state index contributed by atoms with van der Waals surface area (Å²) in [6.45, 7) is 8.38. The van der Waals surface area contributed by atoms with E-state index in [0.717, 1.165) is 6.54 Å². The molecule has 1 saturated heterocycles. The first-order chi connectivity index (χ1) is 8.00. The summed E-state index contributed by atoms with van der Waals surface area (Å²) >= 11 is 0. The Morgan fingerprint density at radius 3 is 2.76 bits per heavy atom. The van der Waals surface area contributed by atoms with Crippen LogP contribution < -0.4 is 10.6 Å². The van der Waals surface area contributed by atoms with Gasteiger partial charge in [0.15, 0.2) is 0 Å². The van der Waals surface area contributed by atoms with Gasteiger partial charge in [-0.05, 0) is 20.4 Å². The smallest absolute Gasteiger partial charge is 0.227 e. The molecular weight excluding hydrogens is 220 g/mol. The fourth-order valence-electron chi connectivity index (χ4n) is 2.10. The van der Waals surface area contributed by atoms with E-state index in [1.54, 1.807) is 7.11 Å². The lowest BCUT2D eigenvalue weighted by atomic mass is 9.99. The van der Waals surface area contributed by atoms with Gasteiger partial charge >= 0.3 is 0 Å². The molecule has 1 rings (SSSR count). The summed E-state index contributed by atoms with van der Waals surface area (Å²) in [5.41, 5.74) is -0.342. The maximum absolute atomic E-state index is 12.1. The van der Waals surface area contributed by atoms with Crippen molar-refractivity contribution in [3.8, 4) is 0 Å². The summed E-state index contributed by atoms with van der Waals surface area (Å²) in [5, 5.41) is 6.28. The molecule has 0 aromatic heterocycles.